The zero-order chi connectivity index (χ0) is 5.28. The summed E-state index contributed by atoms with van der Waals surface area (Å²) >= 11 is 0. The van der Waals surface area contributed by atoms with Crippen LogP contribution < -0.4 is 0 Å². The van der Waals surface area contributed by atoms with Crippen molar-refractivity contribution in [1.82, 2.24) is 0 Å². The third-order valence-corrected chi connectivity index (χ3v) is 6.95. The maximum absolute atomic E-state index is 5.45. The lowest BCUT2D eigenvalue weighted by molar-refractivity contribution is 0.659. The van der Waals surface area contributed by atoms with E-state index >= 15 is 0 Å². The average Bonchev–Trinajstić information content (AvgIpc) is 1.91. The van der Waals surface area contributed by atoms with Gasteiger partial charge in [0.05, 0.1) is 0 Å². The van der Waals surface area contributed by atoms with Crippen LogP contribution in [0, 0.1) is 0 Å². The van der Waals surface area contributed by atoms with Gasteiger partial charge >= 0.3 is 0 Å². The van der Waals surface area contributed by atoms with Gasteiger partial charge in [-0.15, -0.1) is 0 Å². The largest absolute Gasteiger partial charge is 0.465 e. The maximum Gasteiger partial charge on any atom is 0.148 e. The third kappa shape index (κ3) is 1.14. The second kappa shape index (κ2) is 2.11. The van der Waals surface area contributed by atoms with Crippen molar-refractivity contribution < 1.29 is 4.12 Å². The van der Waals surface area contributed by atoms with Crippen molar-refractivity contribution in [3.8, 4) is 0 Å². The topological polar surface area (TPSA) is 9.23 Å². The van der Waals surface area contributed by atoms with Crippen LogP contribution in [0.2, 0.25) is 11.1 Å². The van der Waals surface area contributed by atoms with Crippen LogP contribution >= 0.6 is 0 Å². The fourth-order valence-electron chi connectivity index (χ4n) is 0.768. The highest BCUT2D eigenvalue weighted by atomic mass is 28.3. The fourth-order valence-corrected chi connectivity index (χ4v) is 5.76. The SMILES string of the molecule is CC1[SiH2]O[SiH2]C1C. The fraction of sp³-hybridized carbons (Fsp3) is 1.00. The molecule has 7 heavy (non-hydrogen) atoms. The summed E-state index contributed by atoms with van der Waals surface area (Å²) in [5.41, 5.74) is 1.98. The Morgan fingerprint density at radius 2 is 1.57 bits per heavy atom. The van der Waals surface area contributed by atoms with E-state index in [1.807, 2.05) is 0 Å². The second-order valence-corrected chi connectivity index (χ2v) is 7.37. The summed E-state index contributed by atoms with van der Waals surface area (Å²) in [6, 6.07) is 0. The molecular weight excluding hydrogens is 120 g/mol. The van der Waals surface area contributed by atoms with Crippen molar-refractivity contribution in [2.24, 2.45) is 0 Å². The van der Waals surface area contributed by atoms with Crippen molar-refractivity contribution in [3.63, 3.8) is 0 Å². The maximum atomic E-state index is 5.45. The molecule has 2 atom stereocenters. The molecule has 3 heteroatoms. The molecule has 0 aromatic carbocycles. The molecule has 2 unspecified atom stereocenters. The molecule has 0 radical (unpaired) electrons. The zero-order valence-corrected chi connectivity index (χ0v) is 7.81. The summed E-state index contributed by atoms with van der Waals surface area (Å²) in [7, 11) is -0.0363. The van der Waals surface area contributed by atoms with Gasteiger partial charge in [0.2, 0.25) is 0 Å². The zero-order valence-electron chi connectivity index (χ0n) is 4.98. The normalized spacial score (nSPS) is 48.9. The van der Waals surface area contributed by atoms with Gasteiger partial charge in [-0.3, -0.25) is 0 Å². The molecule has 0 aromatic heterocycles. The highest BCUT2D eigenvalue weighted by molar-refractivity contribution is 6.51. The summed E-state index contributed by atoms with van der Waals surface area (Å²) in [5.74, 6) is 0. The predicted octanol–water partition coefficient (Wildman–Crippen LogP) is -0.199. The number of hydrogen-bond donors (Lipinski definition) is 0. The molecule has 1 aliphatic heterocycles. The van der Waals surface area contributed by atoms with E-state index in [4.69, 9.17) is 4.12 Å². The molecule has 42 valence electrons. The minimum atomic E-state index is -0.0181. The Labute approximate surface area is 49.3 Å². The van der Waals surface area contributed by atoms with Crippen LogP contribution in [-0.4, -0.2) is 19.5 Å². The molecule has 1 aliphatic rings. The number of hydrogen-bond acceptors (Lipinski definition) is 1. The molecule has 0 saturated carbocycles. The first-order chi connectivity index (χ1) is 3.30. The molecular formula is C4H12OSi2. The van der Waals surface area contributed by atoms with Crippen molar-refractivity contribution in [2.45, 2.75) is 24.9 Å². The monoisotopic (exact) mass is 132 g/mol. The molecule has 1 saturated heterocycles. The second-order valence-electron chi connectivity index (χ2n) is 2.49. The Morgan fingerprint density at radius 3 is 1.71 bits per heavy atom. The quantitative estimate of drug-likeness (QED) is 0.415. The molecule has 0 N–H and O–H groups in total. The minimum absolute atomic E-state index is 0.0181. The summed E-state index contributed by atoms with van der Waals surface area (Å²) in [4.78, 5) is 0. The van der Waals surface area contributed by atoms with Gasteiger partial charge in [0.1, 0.15) is 19.5 Å². The molecule has 0 bridgehead atoms. The molecule has 0 aromatic rings. The van der Waals surface area contributed by atoms with Gasteiger partial charge in [0.15, 0.2) is 0 Å². The van der Waals surface area contributed by atoms with E-state index in [9.17, 15) is 0 Å². The highest BCUT2D eigenvalue weighted by Crippen LogP contribution is 2.26. The lowest BCUT2D eigenvalue weighted by atomic mass is 10.4. The first kappa shape index (κ1) is 5.53. The molecule has 1 fully saturated rings. The van der Waals surface area contributed by atoms with Crippen LogP contribution in [0.25, 0.3) is 0 Å². The summed E-state index contributed by atoms with van der Waals surface area (Å²) in [6.45, 7) is 4.66. The van der Waals surface area contributed by atoms with E-state index in [0.717, 1.165) is 11.1 Å². The Balaban J connectivity index is 2.33. The highest BCUT2D eigenvalue weighted by Gasteiger charge is 2.19. The van der Waals surface area contributed by atoms with Gasteiger partial charge in [-0.2, -0.15) is 0 Å². The summed E-state index contributed by atoms with van der Waals surface area (Å²) < 4.78 is 5.45. The van der Waals surface area contributed by atoms with Crippen LogP contribution in [0.1, 0.15) is 13.8 Å². The van der Waals surface area contributed by atoms with E-state index in [-0.39, 0.29) is 19.5 Å². The lowest BCUT2D eigenvalue weighted by Gasteiger charge is -2.01. The Hall–Kier alpha value is 0.394. The van der Waals surface area contributed by atoms with E-state index in [1.54, 1.807) is 0 Å². The van der Waals surface area contributed by atoms with Crippen molar-refractivity contribution in [2.75, 3.05) is 0 Å². The third-order valence-electron chi connectivity index (χ3n) is 1.73. The van der Waals surface area contributed by atoms with E-state index < -0.39 is 0 Å². The minimum Gasteiger partial charge on any atom is -0.465 e. The molecule has 1 rings (SSSR count). The Morgan fingerprint density at radius 1 is 1.14 bits per heavy atom. The first-order valence-electron chi connectivity index (χ1n) is 2.88. The van der Waals surface area contributed by atoms with Crippen LogP contribution in [0.15, 0.2) is 0 Å². The van der Waals surface area contributed by atoms with Crippen molar-refractivity contribution >= 4 is 19.5 Å². The van der Waals surface area contributed by atoms with Crippen molar-refractivity contribution in [3.05, 3.63) is 0 Å². The average molecular weight is 132 g/mol. The smallest absolute Gasteiger partial charge is 0.148 e. The molecule has 0 aliphatic carbocycles. The van der Waals surface area contributed by atoms with Crippen molar-refractivity contribution in [1.29, 1.82) is 0 Å². The Kier molecular flexibility index (Phi) is 1.66. The van der Waals surface area contributed by atoms with Gasteiger partial charge in [-0.05, 0) is 11.1 Å². The molecule has 0 amide bonds. The van der Waals surface area contributed by atoms with Crippen LogP contribution in [0.5, 0.6) is 0 Å². The van der Waals surface area contributed by atoms with Gasteiger partial charge in [-0.1, -0.05) is 13.8 Å². The van der Waals surface area contributed by atoms with Crippen LogP contribution in [-0.2, 0) is 4.12 Å². The van der Waals surface area contributed by atoms with Gasteiger partial charge in [0.25, 0.3) is 0 Å². The number of rotatable bonds is 0. The molecule has 1 nitrogen and oxygen atoms in total. The van der Waals surface area contributed by atoms with E-state index in [0.29, 0.717) is 0 Å². The van der Waals surface area contributed by atoms with Gasteiger partial charge < -0.3 is 4.12 Å². The van der Waals surface area contributed by atoms with E-state index in [1.165, 1.54) is 0 Å². The standard InChI is InChI=1S/C4H12OSi2/c1-3-4(2)7-5-6-3/h3-4H,6-7H2,1-2H3. The molecule has 0 spiro atoms. The van der Waals surface area contributed by atoms with Crippen LogP contribution in [0.4, 0.5) is 0 Å². The Bertz CT molecular complexity index is 58.7. The van der Waals surface area contributed by atoms with Gasteiger partial charge in [-0.25, -0.2) is 0 Å². The van der Waals surface area contributed by atoms with Crippen LogP contribution in [0.3, 0.4) is 0 Å². The summed E-state index contributed by atoms with van der Waals surface area (Å²) in [5, 5.41) is 0. The van der Waals surface area contributed by atoms with Gasteiger partial charge in [0, 0.05) is 0 Å². The predicted molar refractivity (Wildman–Crippen MR) is 37.0 cm³/mol. The lowest BCUT2D eigenvalue weighted by Crippen LogP contribution is -1.92. The first-order valence-corrected chi connectivity index (χ1v) is 5.67. The van der Waals surface area contributed by atoms with E-state index in [2.05, 4.69) is 13.8 Å². The summed E-state index contributed by atoms with van der Waals surface area (Å²) in [6.07, 6.45) is 0. The molecule has 1 heterocycles.